The van der Waals surface area contributed by atoms with Gasteiger partial charge in [-0.25, -0.2) is 0 Å². The second kappa shape index (κ2) is 8.39. The van der Waals surface area contributed by atoms with Crippen molar-refractivity contribution in [1.82, 2.24) is 0 Å². The van der Waals surface area contributed by atoms with Gasteiger partial charge >= 0.3 is 0 Å². The number of fused-ring (bicyclic) bond motifs is 4. The average molecular weight is 455 g/mol. The van der Waals surface area contributed by atoms with Gasteiger partial charge in [-0.3, -0.25) is 0 Å². The molecule has 5 rings (SSSR count). The first-order valence-electron chi connectivity index (χ1n) is 13.8. The molecule has 2 fully saturated rings. The molecule has 0 heteroatoms. The molecule has 0 aromatic carbocycles. The zero-order valence-electron chi connectivity index (χ0n) is 22.8. The monoisotopic (exact) mass is 454 g/mol. The highest BCUT2D eigenvalue weighted by Gasteiger charge is 2.52. The van der Waals surface area contributed by atoms with Crippen LogP contribution in [0.2, 0.25) is 0 Å². The van der Waals surface area contributed by atoms with E-state index in [9.17, 15) is 0 Å². The molecule has 0 radical (unpaired) electrons. The van der Waals surface area contributed by atoms with Gasteiger partial charge in [0, 0.05) is 0 Å². The standard InChI is InChI=1S/C34H46/c1-21(2)31(24-17-22-11-9-10-12-23(22)18-24)32-29-19-25(33(3,4)5)13-15-27(29)28-16-14-26(20-30(28)32)34(6,7)8/h9-16,19-20,22-24,27-30,32H,17-18H2,1-8H3. The molecular formula is C34H46. The fourth-order valence-corrected chi connectivity index (χ4v) is 7.79. The van der Waals surface area contributed by atoms with Gasteiger partial charge in [0.2, 0.25) is 0 Å². The second-order valence-corrected chi connectivity index (χ2v) is 14.0. The van der Waals surface area contributed by atoms with Crippen molar-refractivity contribution in [2.75, 3.05) is 0 Å². The van der Waals surface area contributed by atoms with E-state index in [1.807, 2.05) is 0 Å². The first kappa shape index (κ1) is 23.9. The molecule has 0 aromatic heterocycles. The van der Waals surface area contributed by atoms with Gasteiger partial charge < -0.3 is 0 Å². The molecule has 0 amide bonds. The van der Waals surface area contributed by atoms with E-state index >= 15 is 0 Å². The topological polar surface area (TPSA) is 0 Å². The van der Waals surface area contributed by atoms with Gasteiger partial charge in [0.05, 0.1) is 0 Å². The molecule has 0 spiro atoms. The van der Waals surface area contributed by atoms with E-state index in [4.69, 9.17) is 0 Å². The van der Waals surface area contributed by atoms with Crippen LogP contribution in [0.5, 0.6) is 0 Å². The van der Waals surface area contributed by atoms with Crippen LogP contribution in [0.25, 0.3) is 0 Å². The molecule has 0 N–H and O–H groups in total. The molecule has 0 aliphatic heterocycles. The number of allylic oxidation sites excluding steroid dienone is 14. The van der Waals surface area contributed by atoms with Gasteiger partial charge in [-0.15, -0.1) is 0 Å². The van der Waals surface area contributed by atoms with Crippen molar-refractivity contribution in [2.45, 2.75) is 68.2 Å². The van der Waals surface area contributed by atoms with Crippen LogP contribution in [0.3, 0.4) is 0 Å². The molecule has 0 nitrogen and oxygen atoms in total. The predicted octanol–water partition coefficient (Wildman–Crippen LogP) is 9.27. The van der Waals surface area contributed by atoms with Crippen LogP contribution >= 0.6 is 0 Å². The smallest absolute Gasteiger partial charge is 0.00599 e. The Bertz CT molecular complexity index is 959. The first-order chi connectivity index (χ1) is 15.9. The second-order valence-electron chi connectivity index (χ2n) is 14.0. The maximum atomic E-state index is 2.71. The molecular weight excluding hydrogens is 408 g/mol. The van der Waals surface area contributed by atoms with Crippen molar-refractivity contribution in [3.05, 3.63) is 83.1 Å². The van der Waals surface area contributed by atoms with Crippen LogP contribution in [-0.2, 0) is 0 Å². The van der Waals surface area contributed by atoms with Crippen LogP contribution in [0, 0.1) is 58.2 Å². The lowest BCUT2D eigenvalue weighted by Crippen LogP contribution is -2.26. The summed E-state index contributed by atoms with van der Waals surface area (Å²) >= 11 is 0. The molecule has 0 bridgehead atoms. The third-order valence-electron chi connectivity index (χ3n) is 9.50. The Labute approximate surface area is 209 Å². The lowest BCUT2D eigenvalue weighted by molar-refractivity contribution is 0.373. The van der Waals surface area contributed by atoms with Crippen LogP contribution in [0.4, 0.5) is 0 Å². The lowest BCUT2D eigenvalue weighted by atomic mass is 9.69. The third-order valence-corrected chi connectivity index (χ3v) is 9.50. The van der Waals surface area contributed by atoms with E-state index in [0.29, 0.717) is 35.5 Å². The Balaban J connectivity index is 1.60. The van der Waals surface area contributed by atoms with E-state index in [1.165, 1.54) is 24.0 Å². The summed E-state index contributed by atoms with van der Waals surface area (Å²) in [6, 6.07) is 0. The molecule has 2 saturated carbocycles. The molecule has 5 aliphatic rings. The minimum atomic E-state index is 0.199. The predicted molar refractivity (Wildman–Crippen MR) is 147 cm³/mol. The van der Waals surface area contributed by atoms with Gasteiger partial charge in [0.1, 0.15) is 0 Å². The fourth-order valence-electron chi connectivity index (χ4n) is 7.79. The quantitative estimate of drug-likeness (QED) is 0.365. The van der Waals surface area contributed by atoms with E-state index in [0.717, 1.165) is 11.8 Å². The van der Waals surface area contributed by atoms with Crippen molar-refractivity contribution in [1.29, 1.82) is 0 Å². The van der Waals surface area contributed by atoms with Crippen molar-refractivity contribution in [2.24, 2.45) is 58.2 Å². The highest BCUT2D eigenvalue weighted by atomic mass is 14.6. The number of hydrogen-bond donors (Lipinski definition) is 0. The molecule has 0 saturated heterocycles. The largest absolute Gasteiger partial charge is 0.0808 e. The van der Waals surface area contributed by atoms with Gasteiger partial charge in [-0.2, -0.15) is 0 Å². The molecule has 6 unspecified atom stereocenters. The van der Waals surface area contributed by atoms with Gasteiger partial charge in [-0.1, -0.05) is 113 Å². The van der Waals surface area contributed by atoms with E-state index in [2.05, 4.69) is 116 Å². The number of hydrogen-bond acceptors (Lipinski definition) is 0. The van der Waals surface area contributed by atoms with Crippen molar-refractivity contribution < 1.29 is 0 Å². The SMILES string of the molecule is CC(C)=C(C1CC2C=CC=CC2C1)C1C2C=C(C(C)(C)C)C=CC2C2C=CC(C(C)(C)C)=CC21. The summed E-state index contributed by atoms with van der Waals surface area (Å²) in [7, 11) is 0. The van der Waals surface area contributed by atoms with Crippen molar-refractivity contribution in [3.8, 4) is 0 Å². The summed E-state index contributed by atoms with van der Waals surface area (Å²) in [5.41, 5.74) is 6.84. The first-order valence-corrected chi connectivity index (χ1v) is 13.8. The Morgan fingerprint density at radius 2 is 1.09 bits per heavy atom. The normalized spacial score (nSPS) is 38.2. The summed E-state index contributed by atoms with van der Waals surface area (Å²) < 4.78 is 0. The van der Waals surface area contributed by atoms with Crippen LogP contribution in [0.15, 0.2) is 83.1 Å². The fraction of sp³-hybridized carbons (Fsp3) is 0.588. The zero-order valence-corrected chi connectivity index (χ0v) is 22.8. The Morgan fingerprint density at radius 1 is 0.647 bits per heavy atom. The summed E-state index contributed by atoms with van der Waals surface area (Å²) in [6.07, 6.45) is 27.7. The van der Waals surface area contributed by atoms with Crippen molar-refractivity contribution >= 4 is 0 Å². The van der Waals surface area contributed by atoms with Gasteiger partial charge in [-0.05, 0) is 96.0 Å². The summed E-state index contributed by atoms with van der Waals surface area (Å²) in [6.45, 7) is 19.1. The molecule has 34 heavy (non-hydrogen) atoms. The Hall–Kier alpha value is -1.82. The van der Waals surface area contributed by atoms with Gasteiger partial charge in [0.15, 0.2) is 0 Å². The third kappa shape index (κ3) is 4.10. The Morgan fingerprint density at radius 3 is 1.47 bits per heavy atom. The summed E-state index contributed by atoms with van der Waals surface area (Å²) in [5.74, 6) is 5.24. The van der Waals surface area contributed by atoms with Crippen LogP contribution < -0.4 is 0 Å². The van der Waals surface area contributed by atoms with Crippen LogP contribution in [0.1, 0.15) is 68.2 Å². The minimum Gasteiger partial charge on any atom is -0.0808 e. The highest BCUT2D eigenvalue weighted by molar-refractivity contribution is 5.42. The lowest BCUT2D eigenvalue weighted by Gasteiger charge is -2.35. The van der Waals surface area contributed by atoms with E-state index in [-0.39, 0.29) is 10.8 Å². The summed E-state index contributed by atoms with van der Waals surface area (Å²) in [4.78, 5) is 0. The maximum Gasteiger partial charge on any atom is -0.00599 e. The average Bonchev–Trinajstić information content (AvgIpc) is 3.31. The van der Waals surface area contributed by atoms with Crippen molar-refractivity contribution in [3.63, 3.8) is 0 Å². The zero-order chi connectivity index (χ0) is 24.4. The minimum absolute atomic E-state index is 0.199. The molecule has 182 valence electrons. The molecule has 5 aliphatic carbocycles. The summed E-state index contributed by atoms with van der Waals surface area (Å²) in [5, 5.41) is 0. The highest BCUT2D eigenvalue weighted by Crippen LogP contribution is 2.59. The maximum absolute atomic E-state index is 2.71. The Kier molecular flexibility index (Phi) is 5.90. The van der Waals surface area contributed by atoms with Crippen LogP contribution in [-0.4, -0.2) is 0 Å². The van der Waals surface area contributed by atoms with E-state index in [1.54, 1.807) is 11.1 Å². The molecule has 0 heterocycles. The molecule has 6 atom stereocenters. The van der Waals surface area contributed by atoms with Gasteiger partial charge in [0.25, 0.3) is 0 Å². The molecule has 0 aromatic rings. The number of rotatable bonds is 2. The van der Waals surface area contributed by atoms with E-state index < -0.39 is 0 Å².